The Morgan fingerprint density at radius 3 is 2.72 bits per heavy atom. The van der Waals surface area contributed by atoms with E-state index in [9.17, 15) is 9.18 Å². The molecule has 0 aliphatic rings. The summed E-state index contributed by atoms with van der Waals surface area (Å²) in [6.07, 6.45) is 1.06. The summed E-state index contributed by atoms with van der Waals surface area (Å²) < 4.78 is 18.2. The van der Waals surface area contributed by atoms with Crippen LogP contribution >= 0.6 is 15.9 Å². The third-order valence-electron chi connectivity index (χ3n) is 1.94. The Labute approximate surface area is 113 Å². The molecule has 0 amide bonds. The van der Waals surface area contributed by atoms with Gasteiger partial charge >= 0.3 is 5.97 Å². The first kappa shape index (κ1) is 14.4. The quantitative estimate of drug-likeness (QED) is 0.488. The predicted octanol–water partition coefficient (Wildman–Crippen LogP) is 3.45. The third kappa shape index (κ3) is 3.97. The molecule has 0 spiro atoms. The molecule has 94 valence electrons. The summed E-state index contributed by atoms with van der Waals surface area (Å²) in [6, 6.07) is 5.97. The summed E-state index contributed by atoms with van der Waals surface area (Å²) >= 11 is 3.03. The second-order valence-electron chi connectivity index (χ2n) is 3.80. The molecule has 0 N–H and O–H groups in total. The first-order valence-corrected chi connectivity index (χ1v) is 6.01. The molecule has 1 aromatic rings. The first-order chi connectivity index (χ1) is 8.43. The standard InChI is InChI=1S/C13H11BrFNO2/c1-8(2)18-13(17)10(7-16)5-9-3-4-12(15)11(14)6-9/h3-6,8H,1-2H3/b10-5+. The molecular weight excluding hydrogens is 301 g/mol. The van der Waals surface area contributed by atoms with Gasteiger partial charge in [0.05, 0.1) is 10.6 Å². The molecule has 0 aliphatic carbocycles. The highest BCUT2D eigenvalue weighted by atomic mass is 79.9. The van der Waals surface area contributed by atoms with E-state index >= 15 is 0 Å². The van der Waals surface area contributed by atoms with Gasteiger partial charge in [0.2, 0.25) is 0 Å². The minimum atomic E-state index is -0.687. The van der Waals surface area contributed by atoms with Gasteiger partial charge in [0.1, 0.15) is 17.5 Å². The minimum Gasteiger partial charge on any atom is -0.459 e. The van der Waals surface area contributed by atoms with Crippen LogP contribution in [0.2, 0.25) is 0 Å². The van der Waals surface area contributed by atoms with E-state index in [4.69, 9.17) is 10.00 Å². The number of carbonyl (C=O) groups is 1. The average Bonchev–Trinajstić information content (AvgIpc) is 2.29. The van der Waals surface area contributed by atoms with Crippen LogP contribution in [0.15, 0.2) is 28.2 Å². The van der Waals surface area contributed by atoms with E-state index in [0.717, 1.165) is 0 Å². The van der Waals surface area contributed by atoms with E-state index in [1.54, 1.807) is 19.9 Å². The molecule has 0 unspecified atom stereocenters. The molecule has 0 aromatic heterocycles. The van der Waals surface area contributed by atoms with Crippen LogP contribution in [0.1, 0.15) is 19.4 Å². The Bertz CT molecular complexity index is 532. The maximum Gasteiger partial charge on any atom is 0.349 e. The Hall–Kier alpha value is -1.67. The molecule has 18 heavy (non-hydrogen) atoms. The zero-order valence-corrected chi connectivity index (χ0v) is 11.5. The number of benzene rings is 1. The molecule has 5 heteroatoms. The Morgan fingerprint density at radius 2 is 2.22 bits per heavy atom. The molecule has 0 saturated heterocycles. The molecule has 0 atom stereocenters. The van der Waals surface area contributed by atoms with Gasteiger partial charge < -0.3 is 4.74 Å². The Kier molecular flexibility index (Phi) is 5.05. The molecule has 1 aromatic carbocycles. The smallest absolute Gasteiger partial charge is 0.349 e. The van der Waals surface area contributed by atoms with Crippen LogP contribution in [0.3, 0.4) is 0 Å². The van der Waals surface area contributed by atoms with E-state index in [1.165, 1.54) is 24.3 Å². The highest BCUT2D eigenvalue weighted by molar-refractivity contribution is 9.10. The van der Waals surface area contributed by atoms with Gasteiger partial charge in [-0.1, -0.05) is 6.07 Å². The fourth-order valence-corrected chi connectivity index (χ4v) is 1.58. The lowest BCUT2D eigenvalue weighted by atomic mass is 10.1. The number of ether oxygens (including phenoxy) is 1. The van der Waals surface area contributed by atoms with Gasteiger partial charge in [-0.2, -0.15) is 5.26 Å². The fourth-order valence-electron chi connectivity index (χ4n) is 1.18. The normalized spacial score (nSPS) is 11.2. The molecule has 0 saturated carbocycles. The molecule has 1 rings (SSSR count). The molecule has 0 radical (unpaired) electrons. The largest absolute Gasteiger partial charge is 0.459 e. The lowest BCUT2D eigenvalue weighted by Gasteiger charge is -2.06. The van der Waals surface area contributed by atoms with Crippen LogP contribution in [-0.4, -0.2) is 12.1 Å². The Morgan fingerprint density at radius 1 is 1.56 bits per heavy atom. The number of hydrogen-bond acceptors (Lipinski definition) is 3. The van der Waals surface area contributed by atoms with Crippen LogP contribution in [-0.2, 0) is 9.53 Å². The number of esters is 1. The highest BCUT2D eigenvalue weighted by Gasteiger charge is 2.12. The van der Waals surface area contributed by atoms with Gasteiger partial charge in [-0.05, 0) is 53.5 Å². The van der Waals surface area contributed by atoms with Crippen LogP contribution in [0.4, 0.5) is 4.39 Å². The van der Waals surface area contributed by atoms with E-state index in [1.807, 2.05) is 0 Å². The van der Waals surface area contributed by atoms with Gasteiger partial charge in [-0.3, -0.25) is 0 Å². The lowest BCUT2D eigenvalue weighted by molar-refractivity contribution is -0.142. The fraction of sp³-hybridized carbons (Fsp3) is 0.231. The van der Waals surface area contributed by atoms with Crippen molar-refractivity contribution in [3.05, 3.63) is 39.6 Å². The van der Waals surface area contributed by atoms with Crippen molar-refractivity contribution in [1.29, 1.82) is 5.26 Å². The summed E-state index contributed by atoms with van der Waals surface area (Å²) in [4.78, 5) is 11.5. The number of carbonyl (C=O) groups excluding carboxylic acids is 1. The second kappa shape index (κ2) is 6.31. The van der Waals surface area contributed by atoms with Crippen molar-refractivity contribution in [2.24, 2.45) is 0 Å². The molecule has 0 heterocycles. The minimum absolute atomic E-state index is 0.123. The average molecular weight is 312 g/mol. The topological polar surface area (TPSA) is 50.1 Å². The van der Waals surface area contributed by atoms with Gasteiger partial charge in [-0.15, -0.1) is 0 Å². The van der Waals surface area contributed by atoms with E-state index in [2.05, 4.69) is 15.9 Å². The SMILES string of the molecule is CC(C)OC(=O)/C(C#N)=C/c1ccc(F)c(Br)c1. The second-order valence-corrected chi connectivity index (χ2v) is 4.65. The molecule has 0 bridgehead atoms. The van der Waals surface area contributed by atoms with E-state index in [0.29, 0.717) is 5.56 Å². The summed E-state index contributed by atoms with van der Waals surface area (Å²) in [5, 5.41) is 8.89. The number of rotatable bonds is 3. The molecule has 0 aliphatic heterocycles. The zero-order chi connectivity index (χ0) is 13.7. The summed E-state index contributed by atoms with van der Waals surface area (Å²) in [7, 11) is 0. The molecule has 3 nitrogen and oxygen atoms in total. The van der Waals surface area contributed by atoms with Crippen molar-refractivity contribution in [2.75, 3.05) is 0 Å². The molecular formula is C13H11BrFNO2. The predicted molar refractivity (Wildman–Crippen MR) is 68.9 cm³/mol. The third-order valence-corrected chi connectivity index (χ3v) is 2.55. The highest BCUT2D eigenvalue weighted by Crippen LogP contribution is 2.19. The van der Waals surface area contributed by atoms with Crippen LogP contribution in [0.5, 0.6) is 0 Å². The van der Waals surface area contributed by atoms with Gasteiger partial charge in [-0.25, -0.2) is 9.18 Å². The van der Waals surface area contributed by atoms with E-state index in [-0.39, 0.29) is 16.1 Å². The van der Waals surface area contributed by atoms with Crippen molar-refractivity contribution in [2.45, 2.75) is 20.0 Å². The number of nitrogens with zero attached hydrogens (tertiary/aromatic N) is 1. The van der Waals surface area contributed by atoms with Crippen LogP contribution in [0, 0.1) is 17.1 Å². The zero-order valence-electron chi connectivity index (χ0n) is 9.91. The van der Waals surface area contributed by atoms with Crippen LogP contribution in [0.25, 0.3) is 6.08 Å². The first-order valence-electron chi connectivity index (χ1n) is 5.22. The summed E-state index contributed by atoms with van der Waals surface area (Å²) in [5.74, 6) is -1.09. The maximum atomic E-state index is 13.0. The number of nitriles is 1. The van der Waals surface area contributed by atoms with Gasteiger partial charge in [0.25, 0.3) is 0 Å². The maximum absolute atomic E-state index is 13.0. The van der Waals surface area contributed by atoms with Crippen LogP contribution < -0.4 is 0 Å². The number of halogens is 2. The van der Waals surface area contributed by atoms with Gasteiger partial charge in [0, 0.05) is 0 Å². The van der Waals surface area contributed by atoms with Crippen molar-refractivity contribution >= 4 is 28.0 Å². The van der Waals surface area contributed by atoms with E-state index < -0.39 is 11.8 Å². The summed E-state index contributed by atoms with van der Waals surface area (Å²) in [5.41, 5.74) is 0.419. The van der Waals surface area contributed by atoms with Crippen molar-refractivity contribution in [1.82, 2.24) is 0 Å². The summed E-state index contributed by atoms with van der Waals surface area (Å²) in [6.45, 7) is 3.39. The van der Waals surface area contributed by atoms with Crippen molar-refractivity contribution < 1.29 is 13.9 Å². The van der Waals surface area contributed by atoms with Crippen molar-refractivity contribution in [3.8, 4) is 6.07 Å². The Balaban J connectivity index is 3.01. The number of hydrogen-bond donors (Lipinski definition) is 0. The van der Waals surface area contributed by atoms with Crippen molar-refractivity contribution in [3.63, 3.8) is 0 Å². The van der Waals surface area contributed by atoms with Gasteiger partial charge in [0.15, 0.2) is 0 Å². The lowest BCUT2D eigenvalue weighted by Crippen LogP contribution is -2.12. The molecule has 0 fully saturated rings. The monoisotopic (exact) mass is 311 g/mol.